The Kier molecular flexibility index (Phi) is 3.73. The van der Waals surface area contributed by atoms with Gasteiger partial charge in [-0.1, -0.05) is 86.2 Å². The summed E-state index contributed by atoms with van der Waals surface area (Å²) in [5, 5.41) is 3.61. The molecule has 2 aliphatic rings. The molecule has 0 saturated carbocycles. The lowest BCUT2D eigenvalue weighted by Crippen LogP contribution is -2.18. The molecule has 2 aliphatic carbocycles. The second-order valence-corrected chi connectivity index (χ2v) is 9.12. The van der Waals surface area contributed by atoms with Crippen molar-refractivity contribution in [2.45, 2.75) is 31.6 Å². The highest BCUT2D eigenvalue weighted by molar-refractivity contribution is 6.29. The first-order valence-corrected chi connectivity index (χ1v) is 10.8. The van der Waals surface area contributed by atoms with Gasteiger partial charge < -0.3 is 0 Å². The summed E-state index contributed by atoms with van der Waals surface area (Å²) >= 11 is 6.41. The molecule has 4 aromatic rings. The lowest BCUT2D eigenvalue weighted by Gasteiger charge is -2.27. The summed E-state index contributed by atoms with van der Waals surface area (Å²) < 4.78 is 0. The molecule has 0 saturated heterocycles. The molecule has 6 rings (SSSR count). The van der Waals surface area contributed by atoms with Crippen molar-refractivity contribution in [2.75, 3.05) is 0 Å². The van der Waals surface area contributed by atoms with E-state index in [2.05, 4.69) is 84.5 Å². The average molecular weight is 409 g/mol. The quantitative estimate of drug-likeness (QED) is 0.245. The maximum atomic E-state index is 6.41. The van der Waals surface area contributed by atoms with Crippen LogP contribution in [0.4, 0.5) is 0 Å². The molecule has 0 N–H and O–H groups in total. The molecule has 0 radical (unpaired) electrons. The Morgan fingerprint density at radius 1 is 0.900 bits per heavy atom. The second kappa shape index (κ2) is 6.26. The van der Waals surface area contributed by atoms with Gasteiger partial charge in [0.2, 0.25) is 5.28 Å². The molecule has 1 unspecified atom stereocenters. The Morgan fingerprint density at radius 2 is 1.70 bits per heavy atom. The number of aromatic nitrogens is 2. The highest BCUT2D eigenvalue weighted by Crippen LogP contribution is 2.54. The molecule has 1 aromatic heterocycles. The standard InChI is InChI=1S/C27H21ClN2/c1-27(2)22-10-6-5-9-19(22)20-13-12-17(15-23(20)27)24-21-14-11-16-7-3-4-8-18(16)25(21)30-26(28)29-24/h3-12,14-15,20H,13H2,1-2H3. The summed E-state index contributed by atoms with van der Waals surface area (Å²) in [6.07, 6.45) is 5.65. The zero-order chi connectivity index (χ0) is 20.5. The van der Waals surface area contributed by atoms with Crippen molar-refractivity contribution in [1.82, 2.24) is 9.97 Å². The average Bonchev–Trinajstić information content (AvgIpc) is 3.00. The van der Waals surface area contributed by atoms with E-state index in [-0.39, 0.29) is 5.41 Å². The Hall–Kier alpha value is -2.97. The highest BCUT2D eigenvalue weighted by Gasteiger charge is 2.42. The predicted molar refractivity (Wildman–Crippen MR) is 125 cm³/mol. The zero-order valence-corrected chi connectivity index (χ0v) is 17.7. The molecule has 2 nitrogen and oxygen atoms in total. The number of nitrogens with zero attached hydrogens (tertiary/aromatic N) is 2. The molecule has 30 heavy (non-hydrogen) atoms. The van der Waals surface area contributed by atoms with Gasteiger partial charge in [-0.15, -0.1) is 0 Å². The van der Waals surface area contributed by atoms with Gasteiger partial charge in [-0.2, -0.15) is 0 Å². The fourth-order valence-corrected chi connectivity index (χ4v) is 5.53. The molecule has 1 heterocycles. The van der Waals surface area contributed by atoms with Crippen molar-refractivity contribution in [1.29, 1.82) is 0 Å². The first-order chi connectivity index (χ1) is 14.5. The number of hydrogen-bond donors (Lipinski definition) is 0. The topological polar surface area (TPSA) is 25.8 Å². The van der Waals surface area contributed by atoms with E-state index < -0.39 is 0 Å². The van der Waals surface area contributed by atoms with Crippen molar-refractivity contribution < 1.29 is 0 Å². The summed E-state index contributed by atoms with van der Waals surface area (Å²) in [5.41, 5.74) is 7.36. The maximum Gasteiger partial charge on any atom is 0.223 e. The van der Waals surface area contributed by atoms with Crippen LogP contribution >= 0.6 is 11.6 Å². The van der Waals surface area contributed by atoms with Crippen molar-refractivity contribution in [3.63, 3.8) is 0 Å². The van der Waals surface area contributed by atoms with Gasteiger partial charge in [0, 0.05) is 22.1 Å². The maximum absolute atomic E-state index is 6.41. The van der Waals surface area contributed by atoms with Crippen LogP contribution in [0.1, 0.15) is 43.0 Å². The monoisotopic (exact) mass is 408 g/mol. The molecule has 0 bridgehead atoms. The van der Waals surface area contributed by atoms with Crippen molar-refractivity contribution >= 4 is 38.8 Å². The van der Waals surface area contributed by atoms with E-state index in [1.54, 1.807) is 0 Å². The van der Waals surface area contributed by atoms with Crippen molar-refractivity contribution in [2.24, 2.45) is 0 Å². The van der Waals surface area contributed by atoms with Crippen LogP contribution in [-0.4, -0.2) is 9.97 Å². The lowest BCUT2D eigenvalue weighted by atomic mass is 9.77. The predicted octanol–water partition coefficient (Wildman–Crippen LogP) is 7.22. The molecule has 3 aromatic carbocycles. The van der Waals surface area contributed by atoms with Gasteiger partial charge in [0.1, 0.15) is 0 Å². The van der Waals surface area contributed by atoms with Gasteiger partial charge in [-0.3, -0.25) is 0 Å². The summed E-state index contributed by atoms with van der Waals surface area (Å²) in [4.78, 5) is 9.28. The summed E-state index contributed by atoms with van der Waals surface area (Å²) in [6, 6.07) is 21.4. The van der Waals surface area contributed by atoms with Crippen LogP contribution in [0.2, 0.25) is 5.28 Å². The van der Waals surface area contributed by atoms with Gasteiger partial charge >= 0.3 is 0 Å². The van der Waals surface area contributed by atoms with Crippen LogP contribution in [0.15, 0.2) is 78.4 Å². The van der Waals surface area contributed by atoms with Crippen molar-refractivity contribution in [3.05, 3.63) is 100 Å². The molecule has 0 aliphatic heterocycles. The molecule has 3 heteroatoms. The molecule has 0 fully saturated rings. The Labute approximate surface area is 180 Å². The molecule has 0 spiro atoms. The van der Waals surface area contributed by atoms with E-state index in [1.165, 1.54) is 16.7 Å². The Bertz CT molecular complexity index is 1410. The third kappa shape index (κ3) is 2.44. The van der Waals surface area contributed by atoms with Gasteiger partial charge in [-0.25, -0.2) is 9.97 Å². The van der Waals surface area contributed by atoms with E-state index in [0.29, 0.717) is 11.2 Å². The first-order valence-electron chi connectivity index (χ1n) is 10.4. The van der Waals surface area contributed by atoms with Gasteiger partial charge in [0.15, 0.2) is 0 Å². The minimum absolute atomic E-state index is 0.0140. The molecular weight excluding hydrogens is 388 g/mol. The summed E-state index contributed by atoms with van der Waals surface area (Å²) in [7, 11) is 0. The minimum Gasteiger partial charge on any atom is -0.217 e. The van der Waals surface area contributed by atoms with Crippen LogP contribution in [0.3, 0.4) is 0 Å². The summed E-state index contributed by atoms with van der Waals surface area (Å²) in [6.45, 7) is 4.67. The van der Waals surface area contributed by atoms with Gasteiger partial charge in [0.05, 0.1) is 11.2 Å². The SMILES string of the molecule is CC1(C)C2=CC(c3nc(Cl)nc4c3ccc3ccccc34)=CCC2c2ccccc21. The number of halogens is 1. The van der Waals surface area contributed by atoms with Gasteiger partial charge in [0.25, 0.3) is 0 Å². The third-order valence-electron chi connectivity index (χ3n) is 6.83. The Balaban J connectivity index is 1.56. The Morgan fingerprint density at radius 3 is 2.60 bits per heavy atom. The first kappa shape index (κ1) is 17.9. The van der Waals surface area contributed by atoms with Crippen molar-refractivity contribution in [3.8, 4) is 0 Å². The number of rotatable bonds is 1. The number of allylic oxidation sites excluding steroid dienone is 4. The lowest BCUT2D eigenvalue weighted by molar-refractivity contribution is 0.613. The fraction of sp³-hybridized carbons (Fsp3) is 0.185. The number of benzene rings is 3. The normalized spacial score (nSPS) is 19.4. The van der Waals surface area contributed by atoms with E-state index in [0.717, 1.165) is 39.4 Å². The molecule has 0 amide bonds. The third-order valence-corrected chi connectivity index (χ3v) is 7.00. The van der Waals surface area contributed by atoms with E-state index >= 15 is 0 Å². The van der Waals surface area contributed by atoms with Crippen LogP contribution in [-0.2, 0) is 5.41 Å². The van der Waals surface area contributed by atoms with E-state index in [1.807, 2.05) is 12.1 Å². The van der Waals surface area contributed by atoms with Crippen LogP contribution in [0, 0.1) is 0 Å². The second-order valence-electron chi connectivity index (χ2n) is 8.78. The number of hydrogen-bond acceptors (Lipinski definition) is 2. The fourth-order valence-electron chi connectivity index (χ4n) is 5.36. The minimum atomic E-state index is 0.0140. The summed E-state index contributed by atoms with van der Waals surface area (Å²) in [5.74, 6) is 0.448. The van der Waals surface area contributed by atoms with Crippen LogP contribution < -0.4 is 0 Å². The molecular formula is C27H21ClN2. The number of fused-ring (bicyclic) bond motifs is 6. The van der Waals surface area contributed by atoms with Gasteiger partial charge in [-0.05, 0) is 46.2 Å². The smallest absolute Gasteiger partial charge is 0.217 e. The molecule has 1 atom stereocenters. The van der Waals surface area contributed by atoms with Crippen LogP contribution in [0.5, 0.6) is 0 Å². The largest absolute Gasteiger partial charge is 0.223 e. The van der Waals surface area contributed by atoms with E-state index in [4.69, 9.17) is 11.6 Å². The highest BCUT2D eigenvalue weighted by atomic mass is 35.5. The molecule has 146 valence electrons. The zero-order valence-electron chi connectivity index (χ0n) is 17.0. The van der Waals surface area contributed by atoms with Crippen LogP contribution in [0.25, 0.3) is 27.2 Å². The van der Waals surface area contributed by atoms with E-state index in [9.17, 15) is 0 Å².